The fraction of sp³-hybridized carbons (Fsp3) is 0. The van der Waals surface area contributed by atoms with E-state index in [0.717, 1.165) is 23.5 Å². The molecule has 0 atom stereocenters. The molecule has 9 nitrogen and oxygen atoms in total. The number of hydrazine groups is 1. The monoisotopic (exact) mass is 358 g/mol. The lowest BCUT2D eigenvalue weighted by atomic mass is 10.1. The number of nitrogens with one attached hydrogen (secondary N) is 2. The molecule has 1 aromatic heterocycles. The Morgan fingerprint density at radius 3 is 2.40 bits per heavy atom. The number of hydrogen-bond acceptors (Lipinski definition) is 7. The molecule has 0 saturated carbocycles. The van der Waals surface area contributed by atoms with E-state index in [1.807, 2.05) is 5.43 Å². The number of benzene rings is 1. The second kappa shape index (κ2) is 7.71. The molecule has 0 unspecified atom stereocenters. The van der Waals surface area contributed by atoms with Crippen LogP contribution in [-0.4, -0.2) is 21.8 Å². The maximum atomic E-state index is 12.0. The molecule has 3 N–H and O–H groups in total. The van der Waals surface area contributed by atoms with Crippen molar-refractivity contribution in [1.29, 1.82) is 5.26 Å². The Hall–Kier alpha value is -3.71. The minimum Gasteiger partial charge on any atom is -0.506 e. The summed E-state index contributed by atoms with van der Waals surface area (Å²) in [4.78, 5) is 34.0. The highest BCUT2D eigenvalue weighted by Crippen LogP contribution is 2.19. The van der Waals surface area contributed by atoms with Crippen LogP contribution in [0.25, 0.3) is 5.76 Å². The average Bonchev–Trinajstić information content (AvgIpc) is 3.15. The zero-order valence-corrected chi connectivity index (χ0v) is 13.2. The summed E-state index contributed by atoms with van der Waals surface area (Å²) in [6.45, 7) is 0. The molecule has 0 saturated heterocycles. The molecular weight excluding hydrogens is 348 g/mol. The van der Waals surface area contributed by atoms with Crippen LogP contribution < -0.4 is 10.9 Å². The molecule has 2 amide bonds. The van der Waals surface area contributed by atoms with Crippen molar-refractivity contribution in [3.05, 3.63) is 67.9 Å². The standard InChI is InChI=1S/C15H10N4O5S/c16-8-11(13(20)9-3-5-10(6-4-9)19(23)24)14(21)17-18-15(22)12-2-1-7-25-12/h1-7,20H,(H,17,21)(H,18,22). The van der Waals surface area contributed by atoms with Crippen LogP contribution in [0, 0.1) is 21.4 Å². The number of thiophene rings is 1. The fourth-order valence-corrected chi connectivity index (χ4v) is 2.36. The third-order valence-electron chi connectivity index (χ3n) is 2.96. The van der Waals surface area contributed by atoms with Crippen molar-refractivity contribution in [2.75, 3.05) is 0 Å². The van der Waals surface area contributed by atoms with Gasteiger partial charge in [0.05, 0.1) is 9.80 Å². The minimum absolute atomic E-state index is 0.0434. The van der Waals surface area contributed by atoms with E-state index in [0.29, 0.717) is 4.88 Å². The summed E-state index contributed by atoms with van der Waals surface area (Å²) in [6.07, 6.45) is 0. The molecule has 0 fully saturated rings. The van der Waals surface area contributed by atoms with Crippen molar-refractivity contribution in [2.24, 2.45) is 0 Å². The molecule has 2 aromatic rings. The Morgan fingerprint density at radius 1 is 1.20 bits per heavy atom. The van der Waals surface area contributed by atoms with Gasteiger partial charge in [0.25, 0.3) is 17.5 Å². The zero-order chi connectivity index (χ0) is 18.4. The number of nitrogens with zero attached hydrogens (tertiary/aromatic N) is 2. The summed E-state index contributed by atoms with van der Waals surface area (Å²) in [5.74, 6) is -2.26. The Bertz CT molecular complexity index is 882. The van der Waals surface area contributed by atoms with Crippen LogP contribution in [0.1, 0.15) is 15.2 Å². The molecule has 0 spiro atoms. The van der Waals surface area contributed by atoms with E-state index < -0.39 is 28.1 Å². The van der Waals surface area contributed by atoms with Crippen LogP contribution in [0.15, 0.2) is 47.4 Å². The summed E-state index contributed by atoms with van der Waals surface area (Å²) in [7, 11) is 0. The first-order valence-corrected chi connectivity index (χ1v) is 7.54. The quantitative estimate of drug-likeness (QED) is 0.250. The predicted octanol–water partition coefficient (Wildman–Crippen LogP) is 1.91. The van der Waals surface area contributed by atoms with Gasteiger partial charge in [-0.2, -0.15) is 5.26 Å². The molecule has 1 aromatic carbocycles. The van der Waals surface area contributed by atoms with Gasteiger partial charge in [-0.15, -0.1) is 11.3 Å². The van der Waals surface area contributed by atoms with Crippen molar-refractivity contribution >= 4 is 34.6 Å². The lowest BCUT2D eigenvalue weighted by Crippen LogP contribution is -2.42. The molecule has 0 radical (unpaired) electrons. The van der Waals surface area contributed by atoms with Crippen LogP contribution in [0.2, 0.25) is 0 Å². The van der Waals surface area contributed by atoms with Gasteiger partial charge >= 0.3 is 0 Å². The smallest absolute Gasteiger partial charge is 0.284 e. The fourth-order valence-electron chi connectivity index (χ4n) is 1.74. The number of amides is 2. The predicted molar refractivity (Wildman–Crippen MR) is 88.2 cm³/mol. The van der Waals surface area contributed by atoms with Crippen LogP contribution >= 0.6 is 11.3 Å². The molecule has 0 aliphatic heterocycles. The number of carbonyl (C=O) groups excluding carboxylic acids is 2. The highest BCUT2D eigenvalue weighted by molar-refractivity contribution is 7.12. The summed E-state index contributed by atoms with van der Waals surface area (Å²) >= 11 is 1.16. The van der Waals surface area contributed by atoms with Gasteiger partial charge in [-0.3, -0.25) is 30.6 Å². The van der Waals surface area contributed by atoms with Crippen LogP contribution in [0.3, 0.4) is 0 Å². The summed E-state index contributed by atoms with van der Waals surface area (Å²) < 4.78 is 0. The average molecular weight is 358 g/mol. The molecule has 25 heavy (non-hydrogen) atoms. The first-order chi connectivity index (χ1) is 11.9. The van der Waals surface area contributed by atoms with E-state index in [4.69, 9.17) is 5.26 Å². The summed E-state index contributed by atoms with van der Waals surface area (Å²) in [6, 6.07) is 9.37. The second-order valence-corrected chi connectivity index (χ2v) is 5.47. The first-order valence-electron chi connectivity index (χ1n) is 6.66. The van der Waals surface area contributed by atoms with E-state index in [9.17, 15) is 24.8 Å². The lowest BCUT2D eigenvalue weighted by molar-refractivity contribution is -0.384. The van der Waals surface area contributed by atoms with Crippen molar-refractivity contribution in [2.45, 2.75) is 0 Å². The van der Waals surface area contributed by atoms with E-state index in [1.54, 1.807) is 17.5 Å². The van der Waals surface area contributed by atoms with Crippen molar-refractivity contribution < 1.29 is 19.6 Å². The topological polar surface area (TPSA) is 145 Å². The van der Waals surface area contributed by atoms with Gasteiger partial charge in [0.15, 0.2) is 5.57 Å². The number of nitriles is 1. The Morgan fingerprint density at radius 2 is 1.88 bits per heavy atom. The highest BCUT2D eigenvalue weighted by Gasteiger charge is 2.18. The van der Waals surface area contributed by atoms with Crippen LogP contribution in [0.4, 0.5) is 5.69 Å². The number of hydrogen-bond donors (Lipinski definition) is 3. The Balaban J connectivity index is 2.14. The SMILES string of the molecule is N#CC(C(=O)NNC(=O)c1cccs1)=C(O)c1ccc([N+](=O)[O-])cc1. The number of aliphatic hydroxyl groups is 1. The highest BCUT2D eigenvalue weighted by atomic mass is 32.1. The maximum absolute atomic E-state index is 12.0. The first kappa shape index (κ1) is 17.6. The second-order valence-electron chi connectivity index (χ2n) is 4.52. The van der Waals surface area contributed by atoms with Crippen LogP contribution in [0.5, 0.6) is 0 Å². The van der Waals surface area contributed by atoms with Gasteiger partial charge in [-0.05, 0) is 23.6 Å². The molecule has 126 valence electrons. The number of rotatable bonds is 4. The number of carbonyl (C=O) groups is 2. The Labute approximate surface area is 144 Å². The van der Waals surface area contributed by atoms with Crippen molar-refractivity contribution in [3.63, 3.8) is 0 Å². The molecule has 1 heterocycles. The largest absolute Gasteiger partial charge is 0.506 e. The molecule has 0 aliphatic rings. The number of non-ortho nitro benzene ring substituents is 1. The molecule has 2 rings (SSSR count). The molecule has 0 bridgehead atoms. The minimum atomic E-state index is -1.02. The summed E-state index contributed by atoms with van der Waals surface area (Å²) in [5, 5.41) is 31.4. The third-order valence-corrected chi connectivity index (χ3v) is 3.83. The number of nitro benzene ring substituents is 1. The molecular formula is C15H10N4O5S. The number of aliphatic hydroxyl groups excluding tert-OH is 1. The van der Waals surface area contributed by atoms with Gasteiger partial charge in [0.1, 0.15) is 11.8 Å². The molecule has 0 aliphatic carbocycles. The van der Waals surface area contributed by atoms with E-state index >= 15 is 0 Å². The Kier molecular flexibility index (Phi) is 5.44. The van der Waals surface area contributed by atoms with E-state index in [2.05, 4.69) is 5.43 Å². The summed E-state index contributed by atoms with van der Waals surface area (Å²) in [5.41, 5.74) is 3.32. The van der Waals surface area contributed by atoms with E-state index in [-0.39, 0.29) is 11.3 Å². The maximum Gasteiger partial charge on any atom is 0.284 e. The van der Waals surface area contributed by atoms with Gasteiger partial charge < -0.3 is 5.11 Å². The zero-order valence-electron chi connectivity index (χ0n) is 12.4. The normalized spacial score (nSPS) is 11.0. The van der Waals surface area contributed by atoms with E-state index in [1.165, 1.54) is 18.2 Å². The van der Waals surface area contributed by atoms with Gasteiger partial charge in [0.2, 0.25) is 0 Å². The van der Waals surface area contributed by atoms with Gasteiger partial charge in [-0.1, -0.05) is 6.07 Å². The van der Waals surface area contributed by atoms with Crippen molar-refractivity contribution in [1.82, 2.24) is 10.9 Å². The lowest BCUT2D eigenvalue weighted by Gasteiger charge is -2.07. The van der Waals surface area contributed by atoms with Crippen LogP contribution in [-0.2, 0) is 4.79 Å². The molecule has 10 heteroatoms. The number of nitro groups is 1. The van der Waals surface area contributed by atoms with Gasteiger partial charge in [-0.25, -0.2) is 0 Å². The van der Waals surface area contributed by atoms with Crippen molar-refractivity contribution in [3.8, 4) is 6.07 Å². The van der Waals surface area contributed by atoms with Gasteiger partial charge in [0, 0.05) is 17.7 Å². The third kappa shape index (κ3) is 4.18.